The Hall–Kier alpha value is -2.81. The summed E-state index contributed by atoms with van der Waals surface area (Å²) in [6, 6.07) is 16.6. The van der Waals surface area contributed by atoms with Crippen LogP contribution in [0.1, 0.15) is 61.1 Å². The zero-order valence-electron chi connectivity index (χ0n) is 20.7. The first-order valence-electron chi connectivity index (χ1n) is 13.1. The van der Waals surface area contributed by atoms with Gasteiger partial charge in [0.2, 0.25) is 5.91 Å². The largest absolute Gasteiger partial charge is 0.495 e. The second-order valence-electron chi connectivity index (χ2n) is 10.1. The number of fused-ring (bicyclic) bond motifs is 1. The van der Waals surface area contributed by atoms with Gasteiger partial charge >= 0.3 is 0 Å². The number of methoxy groups -OCH3 is 1. The molecule has 2 aromatic carbocycles. The Balaban J connectivity index is 1.33. The molecule has 2 aliphatic heterocycles. The number of para-hydroxylation sites is 1. The van der Waals surface area contributed by atoms with Crippen molar-refractivity contribution in [2.24, 2.45) is 5.92 Å². The number of hydrogen-bond acceptors (Lipinski definition) is 4. The van der Waals surface area contributed by atoms with Crippen molar-refractivity contribution in [2.75, 3.05) is 33.4 Å². The molecular weight excluding hydrogens is 436 g/mol. The number of aliphatic hydroxyl groups is 1. The van der Waals surface area contributed by atoms with E-state index in [1.807, 2.05) is 24.3 Å². The first-order valence-corrected chi connectivity index (χ1v) is 13.1. The molecule has 3 aliphatic rings. The molecule has 0 unspecified atom stereocenters. The minimum Gasteiger partial charge on any atom is -0.495 e. The monoisotopic (exact) mass is 472 g/mol. The van der Waals surface area contributed by atoms with Crippen molar-refractivity contribution < 1.29 is 14.6 Å². The molecule has 5 heteroatoms. The molecule has 0 spiro atoms. The van der Waals surface area contributed by atoms with Crippen molar-refractivity contribution in [2.45, 2.75) is 56.5 Å². The van der Waals surface area contributed by atoms with E-state index < -0.39 is 0 Å². The van der Waals surface area contributed by atoms with Crippen LogP contribution in [-0.4, -0.2) is 66.2 Å². The van der Waals surface area contributed by atoms with Crippen LogP contribution in [0, 0.1) is 17.8 Å². The lowest BCUT2D eigenvalue weighted by Crippen LogP contribution is -2.68. The van der Waals surface area contributed by atoms with Gasteiger partial charge < -0.3 is 14.7 Å². The van der Waals surface area contributed by atoms with Gasteiger partial charge in [0.1, 0.15) is 5.75 Å². The minimum absolute atomic E-state index is 0.118. The summed E-state index contributed by atoms with van der Waals surface area (Å²) in [7, 11) is 1.66. The van der Waals surface area contributed by atoms with E-state index in [0.717, 1.165) is 62.2 Å². The summed E-state index contributed by atoms with van der Waals surface area (Å²) >= 11 is 0. The highest BCUT2D eigenvalue weighted by molar-refractivity contribution is 5.79. The molecule has 0 radical (unpaired) electrons. The number of carbonyl (C=O) groups excluding carboxylic acids is 1. The van der Waals surface area contributed by atoms with Crippen LogP contribution in [0.25, 0.3) is 0 Å². The van der Waals surface area contributed by atoms with Gasteiger partial charge in [-0.05, 0) is 62.1 Å². The number of hydrogen-bond donors (Lipinski definition) is 1. The van der Waals surface area contributed by atoms with E-state index in [9.17, 15) is 9.90 Å². The van der Waals surface area contributed by atoms with E-state index in [1.54, 1.807) is 7.11 Å². The number of rotatable bonds is 4. The van der Waals surface area contributed by atoms with Gasteiger partial charge in [-0.3, -0.25) is 9.69 Å². The topological polar surface area (TPSA) is 53.0 Å². The molecule has 1 amide bonds. The summed E-state index contributed by atoms with van der Waals surface area (Å²) in [4.78, 5) is 17.8. The predicted molar refractivity (Wildman–Crippen MR) is 137 cm³/mol. The van der Waals surface area contributed by atoms with Crippen LogP contribution in [-0.2, 0) is 4.79 Å². The van der Waals surface area contributed by atoms with Crippen LogP contribution in [0.4, 0.5) is 0 Å². The van der Waals surface area contributed by atoms with Gasteiger partial charge in [-0.1, -0.05) is 48.9 Å². The zero-order chi connectivity index (χ0) is 24.2. The summed E-state index contributed by atoms with van der Waals surface area (Å²) in [5, 5.41) is 10.2. The maximum atomic E-state index is 13.2. The molecule has 5 nitrogen and oxygen atoms in total. The van der Waals surface area contributed by atoms with Crippen LogP contribution in [0.3, 0.4) is 0 Å². The quantitative estimate of drug-likeness (QED) is 0.683. The molecular formula is C30H36N2O3. The second kappa shape index (κ2) is 10.8. The van der Waals surface area contributed by atoms with Crippen LogP contribution in [0.2, 0.25) is 0 Å². The molecule has 1 aliphatic carbocycles. The van der Waals surface area contributed by atoms with Crippen molar-refractivity contribution in [3.05, 3.63) is 65.2 Å². The number of amides is 1. The van der Waals surface area contributed by atoms with Crippen molar-refractivity contribution in [3.63, 3.8) is 0 Å². The molecule has 2 aromatic rings. The average Bonchev–Trinajstić information content (AvgIpc) is 3.42. The smallest absolute Gasteiger partial charge is 0.225 e. The number of benzene rings is 2. The lowest BCUT2D eigenvalue weighted by molar-refractivity contribution is -0.140. The van der Waals surface area contributed by atoms with Gasteiger partial charge in [-0.15, -0.1) is 0 Å². The van der Waals surface area contributed by atoms with Crippen LogP contribution in [0.15, 0.2) is 48.5 Å². The maximum Gasteiger partial charge on any atom is 0.225 e. The Morgan fingerprint density at radius 1 is 1.00 bits per heavy atom. The van der Waals surface area contributed by atoms with Gasteiger partial charge in [-0.25, -0.2) is 0 Å². The molecule has 5 rings (SSSR count). The standard InChI is InChI=1S/C30H36N2O3/c1-35-28-11-5-4-8-23(28)15-12-22-13-16-24(17-14-22)29-26-20-31(30(34)25-9-2-3-10-25)18-6-7-19-32(26)27(29)21-33/h4-5,8,11,13-14,16-17,25-27,29,33H,2-3,6-7,9-10,18-21H2,1H3/t26-,27-,29-/m1/s1. The highest BCUT2D eigenvalue weighted by Crippen LogP contribution is 2.42. The van der Waals surface area contributed by atoms with E-state index in [1.165, 1.54) is 18.4 Å². The van der Waals surface area contributed by atoms with E-state index in [2.05, 4.69) is 45.9 Å². The molecule has 1 saturated carbocycles. The molecule has 184 valence electrons. The Labute approximate surface area is 209 Å². The van der Waals surface area contributed by atoms with Crippen molar-refractivity contribution >= 4 is 5.91 Å². The Bertz CT molecular complexity index is 1080. The van der Waals surface area contributed by atoms with E-state index in [-0.39, 0.29) is 30.5 Å². The molecule has 0 bridgehead atoms. The molecule has 2 saturated heterocycles. The summed E-state index contributed by atoms with van der Waals surface area (Å²) in [6.07, 6.45) is 6.58. The first kappa shape index (κ1) is 23.9. The summed E-state index contributed by atoms with van der Waals surface area (Å²) in [6.45, 7) is 2.78. The van der Waals surface area contributed by atoms with Crippen molar-refractivity contribution in [3.8, 4) is 17.6 Å². The van der Waals surface area contributed by atoms with Crippen LogP contribution in [0.5, 0.6) is 5.75 Å². The maximum absolute atomic E-state index is 13.2. The molecule has 1 N–H and O–H groups in total. The number of nitrogens with zero attached hydrogens (tertiary/aromatic N) is 2. The van der Waals surface area contributed by atoms with Crippen molar-refractivity contribution in [1.29, 1.82) is 0 Å². The predicted octanol–water partition coefficient (Wildman–Crippen LogP) is 4.04. The third-order valence-corrected chi connectivity index (χ3v) is 8.13. The van der Waals surface area contributed by atoms with Gasteiger partial charge in [0.15, 0.2) is 0 Å². The van der Waals surface area contributed by atoms with E-state index in [0.29, 0.717) is 5.91 Å². The number of ether oxygens (including phenoxy) is 1. The van der Waals surface area contributed by atoms with Gasteiger partial charge in [0, 0.05) is 42.6 Å². The third-order valence-electron chi connectivity index (χ3n) is 8.13. The fourth-order valence-corrected chi connectivity index (χ4v) is 6.25. The van der Waals surface area contributed by atoms with Crippen LogP contribution >= 0.6 is 0 Å². The Morgan fingerprint density at radius 3 is 2.49 bits per heavy atom. The molecule has 35 heavy (non-hydrogen) atoms. The Kier molecular flexibility index (Phi) is 7.41. The second-order valence-corrected chi connectivity index (χ2v) is 10.1. The summed E-state index contributed by atoms with van der Waals surface area (Å²) in [5.74, 6) is 8.05. The minimum atomic E-state index is 0.118. The third kappa shape index (κ3) is 4.96. The van der Waals surface area contributed by atoms with Gasteiger partial charge in [0.25, 0.3) is 0 Å². The number of carbonyl (C=O) groups is 1. The van der Waals surface area contributed by atoms with Gasteiger partial charge in [0.05, 0.1) is 19.3 Å². The normalized spacial score (nSPS) is 25.0. The van der Waals surface area contributed by atoms with Crippen LogP contribution < -0.4 is 4.74 Å². The molecule has 3 atom stereocenters. The van der Waals surface area contributed by atoms with E-state index >= 15 is 0 Å². The summed E-state index contributed by atoms with van der Waals surface area (Å²) < 4.78 is 5.40. The lowest BCUT2D eigenvalue weighted by atomic mass is 9.74. The highest BCUT2D eigenvalue weighted by atomic mass is 16.5. The first-order chi connectivity index (χ1) is 17.2. The van der Waals surface area contributed by atoms with E-state index in [4.69, 9.17) is 4.74 Å². The average molecular weight is 473 g/mol. The fraction of sp³-hybridized carbons (Fsp3) is 0.500. The summed E-state index contributed by atoms with van der Waals surface area (Å²) in [5.41, 5.74) is 3.05. The fourth-order valence-electron chi connectivity index (χ4n) is 6.25. The van der Waals surface area contributed by atoms with Crippen molar-refractivity contribution in [1.82, 2.24) is 9.80 Å². The lowest BCUT2D eigenvalue weighted by Gasteiger charge is -2.57. The van der Waals surface area contributed by atoms with Gasteiger partial charge in [-0.2, -0.15) is 0 Å². The SMILES string of the molecule is COc1ccccc1C#Cc1ccc([C@H]2[C@@H](CO)N3CCCCN(C(=O)C4CCCC4)C[C@H]23)cc1. The number of aliphatic hydroxyl groups excluding tert-OH is 1. The molecule has 3 fully saturated rings. The highest BCUT2D eigenvalue weighted by Gasteiger charge is 2.49. The Morgan fingerprint density at radius 2 is 1.74 bits per heavy atom. The zero-order valence-corrected chi connectivity index (χ0v) is 20.7. The molecule has 0 aromatic heterocycles. The molecule has 2 heterocycles.